The Morgan fingerprint density at radius 2 is 2.39 bits per heavy atom. The van der Waals surface area contributed by atoms with Crippen LogP contribution in [0.2, 0.25) is 5.02 Å². The van der Waals surface area contributed by atoms with E-state index in [1.807, 2.05) is 0 Å². The number of hydrogen-bond donors (Lipinski definition) is 3. The number of aromatic nitrogens is 1. The first-order chi connectivity index (χ1) is 8.58. The molecule has 1 aliphatic rings. The molecule has 1 atom stereocenters. The highest BCUT2D eigenvalue weighted by atomic mass is 35.5. The molecule has 7 heteroatoms. The number of nitrogens with zero attached hydrogens (tertiary/aromatic N) is 1. The van der Waals surface area contributed by atoms with Gasteiger partial charge in [-0.2, -0.15) is 0 Å². The number of nitrogens with one attached hydrogen (secondary N) is 2. The van der Waals surface area contributed by atoms with Gasteiger partial charge in [-0.3, -0.25) is 4.79 Å². The fraction of sp³-hybridized carbons (Fsp3) is 0.364. The maximum atomic E-state index is 11.5. The summed E-state index contributed by atoms with van der Waals surface area (Å²) in [5.41, 5.74) is -0.0367. The van der Waals surface area contributed by atoms with Crippen molar-refractivity contribution >= 4 is 29.3 Å². The summed E-state index contributed by atoms with van der Waals surface area (Å²) in [6.07, 6.45) is 2.83. The van der Waals surface area contributed by atoms with Crippen LogP contribution in [0.4, 0.5) is 5.82 Å². The van der Waals surface area contributed by atoms with Crippen molar-refractivity contribution in [3.8, 4) is 0 Å². The third-order valence-electron chi connectivity index (χ3n) is 2.69. The van der Waals surface area contributed by atoms with Gasteiger partial charge in [-0.1, -0.05) is 11.6 Å². The minimum absolute atomic E-state index is 0.0367. The number of piperidine rings is 1. The zero-order valence-corrected chi connectivity index (χ0v) is 10.2. The summed E-state index contributed by atoms with van der Waals surface area (Å²) >= 11 is 5.71. The van der Waals surface area contributed by atoms with Crippen LogP contribution in [0.15, 0.2) is 12.3 Å². The summed E-state index contributed by atoms with van der Waals surface area (Å²) in [6, 6.07) is 0.945. The zero-order chi connectivity index (χ0) is 13.1. The van der Waals surface area contributed by atoms with Crippen LogP contribution in [0, 0.1) is 0 Å². The van der Waals surface area contributed by atoms with Crippen molar-refractivity contribution < 1.29 is 14.7 Å². The molecule has 0 spiro atoms. The van der Waals surface area contributed by atoms with E-state index in [1.165, 1.54) is 12.3 Å². The van der Waals surface area contributed by atoms with Crippen LogP contribution in [0.5, 0.6) is 0 Å². The summed E-state index contributed by atoms with van der Waals surface area (Å²) in [7, 11) is 0. The maximum Gasteiger partial charge on any atom is 0.337 e. The highest BCUT2D eigenvalue weighted by molar-refractivity contribution is 6.33. The fourth-order valence-corrected chi connectivity index (χ4v) is 1.95. The van der Waals surface area contributed by atoms with Crippen LogP contribution in [-0.2, 0) is 4.79 Å². The van der Waals surface area contributed by atoms with Crippen molar-refractivity contribution in [1.82, 2.24) is 10.3 Å². The van der Waals surface area contributed by atoms with Crippen LogP contribution in [0.25, 0.3) is 0 Å². The van der Waals surface area contributed by atoms with Crippen molar-refractivity contribution in [2.24, 2.45) is 0 Å². The molecule has 2 rings (SSSR count). The van der Waals surface area contributed by atoms with Crippen molar-refractivity contribution in [2.75, 3.05) is 11.9 Å². The number of pyridine rings is 1. The van der Waals surface area contributed by atoms with Gasteiger partial charge in [0.25, 0.3) is 0 Å². The molecule has 0 bridgehead atoms. The molecule has 2 heterocycles. The summed E-state index contributed by atoms with van der Waals surface area (Å²) in [5.74, 6) is -0.896. The van der Waals surface area contributed by atoms with E-state index in [0.29, 0.717) is 18.8 Å². The molecular formula is C11H12ClN3O3. The second-order valence-corrected chi connectivity index (χ2v) is 4.39. The normalized spacial score (nSPS) is 19.2. The highest BCUT2D eigenvalue weighted by Gasteiger charge is 2.22. The van der Waals surface area contributed by atoms with Gasteiger partial charge in [-0.05, 0) is 18.9 Å². The molecule has 0 radical (unpaired) electrons. The van der Waals surface area contributed by atoms with Gasteiger partial charge >= 0.3 is 5.97 Å². The smallest absolute Gasteiger partial charge is 0.337 e. The van der Waals surface area contributed by atoms with Gasteiger partial charge in [-0.15, -0.1) is 0 Å². The molecule has 1 aromatic heterocycles. The van der Waals surface area contributed by atoms with Gasteiger partial charge in [0.1, 0.15) is 11.9 Å². The number of amides is 1. The third kappa shape index (κ3) is 2.70. The van der Waals surface area contributed by atoms with E-state index in [2.05, 4.69) is 15.6 Å². The van der Waals surface area contributed by atoms with Crippen LogP contribution in [-0.4, -0.2) is 34.6 Å². The van der Waals surface area contributed by atoms with E-state index in [1.54, 1.807) is 0 Å². The van der Waals surface area contributed by atoms with Crippen LogP contribution in [0.3, 0.4) is 0 Å². The second kappa shape index (κ2) is 5.22. The summed E-state index contributed by atoms with van der Waals surface area (Å²) < 4.78 is 0. The van der Waals surface area contributed by atoms with Gasteiger partial charge in [0.05, 0.1) is 10.6 Å². The van der Waals surface area contributed by atoms with Gasteiger partial charge in [0.2, 0.25) is 5.91 Å². The number of aromatic carboxylic acids is 1. The van der Waals surface area contributed by atoms with Gasteiger partial charge in [0.15, 0.2) is 0 Å². The monoisotopic (exact) mass is 269 g/mol. The Hall–Kier alpha value is -1.82. The standard InChI is InChI=1S/C11H12ClN3O3/c12-7-5-14-9(4-6(7)11(17)18)15-8-2-1-3-13-10(8)16/h4-5,8H,1-3H2,(H,13,16)(H,14,15)(H,17,18). The molecule has 18 heavy (non-hydrogen) atoms. The van der Waals surface area contributed by atoms with Crippen molar-refractivity contribution in [2.45, 2.75) is 18.9 Å². The van der Waals surface area contributed by atoms with Crippen molar-refractivity contribution in [1.29, 1.82) is 0 Å². The van der Waals surface area contributed by atoms with Gasteiger partial charge in [0, 0.05) is 12.7 Å². The largest absolute Gasteiger partial charge is 0.478 e. The molecule has 0 aromatic carbocycles. The van der Waals surface area contributed by atoms with E-state index in [-0.39, 0.29) is 22.5 Å². The Labute approximate surface area is 108 Å². The molecule has 6 nitrogen and oxygen atoms in total. The number of carboxylic acids is 1. The first-order valence-electron chi connectivity index (χ1n) is 5.51. The number of halogens is 1. The first-order valence-corrected chi connectivity index (χ1v) is 5.89. The summed E-state index contributed by atoms with van der Waals surface area (Å²) in [4.78, 5) is 26.4. The first kappa shape index (κ1) is 12.6. The lowest BCUT2D eigenvalue weighted by atomic mass is 10.1. The average Bonchev–Trinajstić information content (AvgIpc) is 2.34. The van der Waals surface area contributed by atoms with Crippen LogP contribution >= 0.6 is 11.6 Å². The summed E-state index contributed by atoms with van der Waals surface area (Å²) in [5, 5.41) is 14.6. The van der Waals surface area contributed by atoms with Gasteiger partial charge < -0.3 is 15.7 Å². The maximum absolute atomic E-state index is 11.5. The molecule has 1 unspecified atom stereocenters. The molecule has 1 aromatic rings. The molecule has 1 saturated heterocycles. The molecule has 96 valence electrons. The molecule has 3 N–H and O–H groups in total. The molecule has 0 saturated carbocycles. The number of carboxylic acid groups (broad SMARTS) is 1. The van der Waals surface area contributed by atoms with Crippen molar-refractivity contribution in [3.63, 3.8) is 0 Å². The third-order valence-corrected chi connectivity index (χ3v) is 2.99. The lowest BCUT2D eigenvalue weighted by Crippen LogP contribution is -2.44. The molecule has 1 fully saturated rings. The summed E-state index contributed by atoms with van der Waals surface area (Å²) in [6.45, 7) is 0.672. The molecular weight excluding hydrogens is 258 g/mol. The molecule has 1 aliphatic heterocycles. The number of carbonyl (C=O) groups is 2. The zero-order valence-electron chi connectivity index (χ0n) is 9.44. The second-order valence-electron chi connectivity index (χ2n) is 3.98. The van der Waals surface area contributed by atoms with Crippen LogP contribution in [0.1, 0.15) is 23.2 Å². The Morgan fingerprint density at radius 3 is 3.06 bits per heavy atom. The predicted octanol–water partition coefficient (Wildman–Crippen LogP) is 1.12. The lowest BCUT2D eigenvalue weighted by Gasteiger charge is -2.23. The molecule has 1 amide bonds. The van der Waals surface area contributed by atoms with Gasteiger partial charge in [-0.25, -0.2) is 9.78 Å². The van der Waals surface area contributed by atoms with Crippen LogP contribution < -0.4 is 10.6 Å². The van der Waals surface area contributed by atoms with E-state index in [9.17, 15) is 9.59 Å². The topological polar surface area (TPSA) is 91.3 Å². The predicted molar refractivity (Wildman–Crippen MR) is 65.9 cm³/mol. The quantitative estimate of drug-likeness (QED) is 0.765. The Bertz CT molecular complexity index is 492. The minimum atomic E-state index is -1.13. The van der Waals surface area contributed by atoms with E-state index < -0.39 is 5.97 Å². The van der Waals surface area contributed by atoms with E-state index in [4.69, 9.17) is 16.7 Å². The number of anilines is 1. The Kier molecular flexibility index (Phi) is 3.66. The Balaban J connectivity index is 2.16. The Morgan fingerprint density at radius 1 is 1.61 bits per heavy atom. The average molecular weight is 270 g/mol. The minimum Gasteiger partial charge on any atom is -0.478 e. The van der Waals surface area contributed by atoms with E-state index >= 15 is 0 Å². The number of rotatable bonds is 3. The number of hydrogen-bond acceptors (Lipinski definition) is 4. The lowest BCUT2D eigenvalue weighted by molar-refractivity contribution is -0.123. The highest BCUT2D eigenvalue weighted by Crippen LogP contribution is 2.19. The van der Waals surface area contributed by atoms with Crippen molar-refractivity contribution in [3.05, 3.63) is 22.8 Å². The molecule has 0 aliphatic carbocycles. The fourth-order valence-electron chi connectivity index (χ4n) is 1.77. The SMILES string of the molecule is O=C(O)c1cc(NC2CCCNC2=O)ncc1Cl. The number of carbonyl (C=O) groups excluding carboxylic acids is 1. The van der Waals surface area contributed by atoms with E-state index in [0.717, 1.165) is 6.42 Å².